The third-order valence-corrected chi connectivity index (χ3v) is 3.16. The Morgan fingerprint density at radius 3 is 2.47 bits per heavy atom. The topological polar surface area (TPSA) is 82.0 Å². The van der Waals surface area contributed by atoms with Crippen LogP contribution in [0.5, 0.6) is 5.75 Å². The smallest absolute Gasteiger partial charge is 0.124 e. The molecule has 1 unspecified atom stereocenters. The lowest BCUT2D eigenvalue weighted by Crippen LogP contribution is -2.50. The average Bonchev–Trinajstić information content (AvgIpc) is 2.44. The van der Waals surface area contributed by atoms with Crippen LogP contribution in [-0.4, -0.2) is 47.7 Å². The Bertz CT molecular complexity index is 404. The third kappa shape index (κ3) is 4.18. The van der Waals surface area contributed by atoms with Gasteiger partial charge in [0.2, 0.25) is 0 Å². The summed E-state index contributed by atoms with van der Waals surface area (Å²) in [6, 6.07) is 5.58. The van der Waals surface area contributed by atoms with Crippen LogP contribution in [-0.2, 0) is 0 Å². The van der Waals surface area contributed by atoms with Crippen LogP contribution in [0.2, 0.25) is 0 Å². The standard InChI is InChI=1S/C14H23NO4/c1-10-4-5-13(19-3)11(6-10)12(18)7-15-14(2,8-16)9-17/h4-6,12,15-18H,7-9H2,1-3H3. The molecule has 0 aromatic heterocycles. The molecule has 0 aliphatic rings. The van der Waals surface area contributed by atoms with Crippen molar-refractivity contribution in [2.24, 2.45) is 0 Å². The van der Waals surface area contributed by atoms with Gasteiger partial charge in [0.25, 0.3) is 0 Å². The van der Waals surface area contributed by atoms with E-state index in [0.717, 1.165) is 5.56 Å². The van der Waals surface area contributed by atoms with Gasteiger partial charge in [-0.15, -0.1) is 0 Å². The third-order valence-electron chi connectivity index (χ3n) is 3.16. The highest BCUT2D eigenvalue weighted by molar-refractivity contribution is 5.38. The Kier molecular flexibility index (Phi) is 5.75. The Balaban J connectivity index is 2.78. The summed E-state index contributed by atoms with van der Waals surface area (Å²) in [4.78, 5) is 0. The number of ether oxygens (including phenoxy) is 1. The first-order valence-corrected chi connectivity index (χ1v) is 6.25. The number of aliphatic hydroxyl groups is 3. The maximum atomic E-state index is 10.2. The minimum atomic E-state index is -0.807. The maximum absolute atomic E-state index is 10.2. The molecule has 1 aromatic carbocycles. The molecule has 19 heavy (non-hydrogen) atoms. The van der Waals surface area contributed by atoms with Crippen molar-refractivity contribution in [2.75, 3.05) is 26.9 Å². The highest BCUT2D eigenvalue weighted by Gasteiger charge is 2.23. The predicted octanol–water partition coefficient (Wildman–Crippen LogP) is 0.370. The van der Waals surface area contributed by atoms with Crippen LogP contribution in [0.1, 0.15) is 24.2 Å². The van der Waals surface area contributed by atoms with Gasteiger partial charge in [-0.2, -0.15) is 0 Å². The van der Waals surface area contributed by atoms with Crippen molar-refractivity contribution in [3.05, 3.63) is 29.3 Å². The maximum Gasteiger partial charge on any atom is 0.124 e. The summed E-state index contributed by atoms with van der Waals surface area (Å²) in [6.07, 6.45) is -0.771. The van der Waals surface area contributed by atoms with Crippen LogP contribution in [0.15, 0.2) is 18.2 Å². The number of aryl methyl sites for hydroxylation is 1. The fraction of sp³-hybridized carbons (Fsp3) is 0.571. The molecular formula is C14H23NO4. The number of hydrogen-bond donors (Lipinski definition) is 4. The van der Waals surface area contributed by atoms with Crippen molar-refractivity contribution >= 4 is 0 Å². The van der Waals surface area contributed by atoms with Gasteiger partial charge in [0.05, 0.1) is 32.0 Å². The van der Waals surface area contributed by atoms with Gasteiger partial charge in [-0.25, -0.2) is 0 Å². The highest BCUT2D eigenvalue weighted by Crippen LogP contribution is 2.26. The predicted molar refractivity (Wildman–Crippen MR) is 73.3 cm³/mol. The molecule has 0 saturated carbocycles. The number of benzene rings is 1. The Hall–Kier alpha value is -1.14. The summed E-state index contributed by atoms with van der Waals surface area (Å²) < 4.78 is 5.22. The number of hydrogen-bond acceptors (Lipinski definition) is 5. The lowest BCUT2D eigenvalue weighted by molar-refractivity contribution is 0.0840. The lowest BCUT2D eigenvalue weighted by Gasteiger charge is -2.28. The van der Waals surface area contributed by atoms with Crippen molar-refractivity contribution in [1.29, 1.82) is 0 Å². The van der Waals surface area contributed by atoms with E-state index >= 15 is 0 Å². The Labute approximate surface area is 113 Å². The molecule has 5 nitrogen and oxygen atoms in total. The molecule has 0 spiro atoms. The van der Waals surface area contributed by atoms with Gasteiger partial charge < -0.3 is 25.4 Å². The number of methoxy groups -OCH3 is 1. The zero-order chi connectivity index (χ0) is 14.5. The fourth-order valence-corrected chi connectivity index (χ4v) is 1.73. The van der Waals surface area contributed by atoms with Gasteiger partial charge >= 0.3 is 0 Å². The monoisotopic (exact) mass is 269 g/mol. The van der Waals surface area contributed by atoms with Gasteiger partial charge in [0.1, 0.15) is 5.75 Å². The van der Waals surface area contributed by atoms with Gasteiger partial charge in [-0.1, -0.05) is 11.6 Å². The number of nitrogens with one attached hydrogen (secondary N) is 1. The summed E-state index contributed by atoms with van der Waals surface area (Å²) >= 11 is 0. The van der Waals surface area contributed by atoms with Gasteiger partial charge in [-0.05, 0) is 26.0 Å². The van der Waals surface area contributed by atoms with E-state index in [1.165, 1.54) is 0 Å². The van der Waals surface area contributed by atoms with Crippen LogP contribution in [0, 0.1) is 6.92 Å². The molecule has 5 heteroatoms. The van der Waals surface area contributed by atoms with E-state index in [1.807, 2.05) is 25.1 Å². The van der Waals surface area contributed by atoms with Crippen molar-refractivity contribution in [3.63, 3.8) is 0 Å². The molecular weight excluding hydrogens is 246 g/mol. The zero-order valence-electron chi connectivity index (χ0n) is 11.7. The summed E-state index contributed by atoms with van der Waals surface area (Å²) in [7, 11) is 1.56. The van der Waals surface area contributed by atoms with Crippen molar-refractivity contribution < 1.29 is 20.1 Å². The van der Waals surface area contributed by atoms with E-state index in [0.29, 0.717) is 11.3 Å². The molecule has 0 heterocycles. The van der Waals surface area contributed by atoms with Crippen molar-refractivity contribution in [3.8, 4) is 5.75 Å². The largest absolute Gasteiger partial charge is 0.496 e. The Morgan fingerprint density at radius 2 is 1.95 bits per heavy atom. The first-order chi connectivity index (χ1) is 8.95. The molecule has 0 radical (unpaired) electrons. The first-order valence-electron chi connectivity index (χ1n) is 6.25. The van der Waals surface area contributed by atoms with Crippen molar-refractivity contribution in [1.82, 2.24) is 5.32 Å². The molecule has 0 amide bonds. The second kappa shape index (κ2) is 6.86. The second-order valence-corrected chi connectivity index (χ2v) is 5.02. The van der Waals surface area contributed by atoms with E-state index in [-0.39, 0.29) is 19.8 Å². The normalized spacial score (nSPS) is 13.4. The van der Waals surface area contributed by atoms with Crippen LogP contribution in [0.3, 0.4) is 0 Å². The molecule has 0 saturated heterocycles. The molecule has 1 atom stereocenters. The quantitative estimate of drug-likeness (QED) is 0.575. The van der Waals surface area contributed by atoms with Crippen LogP contribution in [0.4, 0.5) is 0 Å². The number of β-amino-alcohol motifs (C(OH)–C–C–N with tert-alkyl or cyclic N) is 1. The molecule has 108 valence electrons. The highest BCUT2D eigenvalue weighted by atomic mass is 16.5. The Morgan fingerprint density at radius 1 is 1.32 bits per heavy atom. The molecule has 0 aliphatic carbocycles. The summed E-state index contributed by atoms with van der Waals surface area (Å²) in [5.74, 6) is 0.620. The first kappa shape index (κ1) is 15.9. The van der Waals surface area contributed by atoms with Crippen LogP contribution >= 0.6 is 0 Å². The van der Waals surface area contributed by atoms with E-state index in [1.54, 1.807) is 14.0 Å². The van der Waals surface area contributed by atoms with Crippen molar-refractivity contribution in [2.45, 2.75) is 25.5 Å². The molecule has 0 fully saturated rings. The number of rotatable bonds is 7. The second-order valence-electron chi connectivity index (χ2n) is 5.02. The molecule has 4 N–H and O–H groups in total. The summed E-state index contributed by atoms with van der Waals surface area (Å²) in [5, 5.41) is 31.5. The van der Waals surface area contributed by atoms with E-state index in [4.69, 9.17) is 4.74 Å². The number of aliphatic hydroxyl groups excluding tert-OH is 3. The summed E-state index contributed by atoms with van der Waals surface area (Å²) in [5.41, 5.74) is 0.910. The lowest BCUT2D eigenvalue weighted by atomic mass is 10.0. The van der Waals surface area contributed by atoms with Gasteiger partial charge in [-0.3, -0.25) is 0 Å². The van der Waals surface area contributed by atoms with E-state index in [9.17, 15) is 15.3 Å². The fourth-order valence-electron chi connectivity index (χ4n) is 1.73. The molecule has 1 aromatic rings. The molecule has 1 rings (SSSR count). The summed E-state index contributed by atoms with van der Waals surface area (Å²) in [6.45, 7) is 3.43. The van der Waals surface area contributed by atoms with Gasteiger partial charge in [0.15, 0.2) is 0 Å². The SMILES string of the molecule is COc1ccc(C)cc1C(O)CNC(C)(CO)CO. The van der Waals surface area contributed by atoms with Crippen LogP contribution in [0.25, 0.3) is 0 Å². The zero-order valence-corrected chi connectivity index (χ0v) is 11.7. The van der Waals surface area contributed by atoms with E-state index in [2.05, 4.69) is 5.32 Å². The minimum absolute atomic E-state index is 0.207. The minimum Gasteiger partial charge on any atom is -0.496 e. The van der Waals surface area contributed by atoms with E-state index < -0.39 is 11.6 Å². The molecule has 0 aliphatic heterocycles. The molecule has 0 bridgehead atoms. The van der Waals surface area contributed by atoms with Gasteiger partial charge in [0, 0.05) is 12.1 Å². The average molecular weight is 269 g/mol. The van der Waals surface area contributed by atoms with Crippen LogP contribution < -0.4 is 10.1 Å².